The van der Waals surface area contributed by atoms with E-state index in [0.717, 1.165) is 16.5 Å². The van der Waals surface area contributed by atoms with Gasteiger partial charge < -0.3 is 19.5 Å². The third-order valence-corrected chi connectivity index (χ3v) is 4.81. The largest absolute Gasteiger partial charge is 0.476 e. The van der Waals surface area contributed by atoms with Crippen molar-refractivity contribution in [2.45, 2.75) is 12.5 Å². The SMILES string of the molecule is CN(C)C(=O)[C@H]1CN(C(=O)Cc2c[nH]c3ccccc23)c2ccccc2O1. The van der Waals surface area contributed by atoms with Crippen molar-refractivity contribution in [2.75, 3.05) is 25.5 Å². The van der Waals surface area contributed by atoms with Gasteiger partial charge in [0.15, 0.2) is 6.10 Å². The molecule has 0 bridgehead atoms. The monoisotopic (exact) mass is 363 g/mol. The molecule has 0 spiro atoms. The van der Waals surface area contributed by atoms with Gasteiger partial charge >= 0.3 is 0 Å². The first-order valence-electron chi connectivity index (χ1n) is 8.87. The summed E-state index contributed by atoms with van der Waals surface area (Å²) >= 11 is 0. The molecule has 6 nitrogen and oxygen atoms in total. The third-order valence-electron chi connectivity index (χ3n) is 4.81. The van der Waals surface area contributed by atoms with Gasteiger partial charge in [-0.1, -0.05) is 30.3 Å². The Hall–Kier alpha value is -3.28. The minimum Gasteiger partial charge on any atom is -0.476 e. The van der Waals surface area contributed by atoms with Gasteiger partial charge in [-0.15, -0.1) is 0 Å². The number of fused-ring (bicyclic) bond motifs is 2. The highest BCUT2D eigenvalue weighted by molar-refractivity contribution is 6.00. The molecule has 138 valence electrons. The second-order valence-electron chi connectivity index (χ2n) is 6.85. The van der Waals surface area contributed by atoms with Crippen molar-refractivity contribution in [1.82, 2.24) is 9.88 Å². The molecule has 4 rings (SSSR count). The van der Waals surface area contributed by atoms with Crippen LogP contribution in [0, 0.1) is 0 Å². The van der Waals surface area contributed by atoms with Gasteiger partial charge in [0.1, 0.15) is 5.75 Å². The summed E-state index contributed by atoms with van der Waals surface area (Å²) in [5.74, 6) is 0.331. The lowest BCUT2D eigenvalue weighted by atomic mass is 10.1. The Kier molecular flexibility index (Phi) is 4.32. The first-order chi connectivity index (χ1) is 13.0. The van der Waals surface area contributed by atoms with Crippen molar-refractivity contribution in [3.8, 4) is 5.75 Å². The number of amides is 2. The molecule has 1 aliphatic rings. The Morgan fingerprint density at radius 3 is 2.70 bits per heavy atom. The molecule has 27 heavy (non-hydrogen) atoms. The molecule has 0 fully saturated rings. The molecule has 1 aromatic heterocycles. The molecule has 2 aromatic carbocycles. The number of hydrogen-bond acceptors (Lipinski definition) is 3. The lowest BCUT2D eigenvalue weighted by Gasteiger charge is -2.35. The van der Waals surface area contributed by atoms with E-state index >= 15 is 0 Å². The molecule has 0 saturated heterocycles. The number of aromatic amines is 1. The van der Waals surface area contributed by atoms with Gasteiger partial charge in [-0.3, -0.25) is 9.59 Å². The van der Waals surface area contributed by atoms with E-state index in [2.05, 4.69) is 4.98 Å². The molecular weight excluding hydrogens is 342 g/mol. The van der Waals surface area contributed by atoms with Crippen molar-refractivity contribution < 1.29 is 14.3 Å². The minimum atomic E-state index is -0.707. The van der Waals surface area contributed by atoms with E-state index in [4.69, 9.17) is 4.74 Å². The highest BCUT2D eigenvalue weighted by Gasteiger charge is 2.34. The number of benzene rings is 2. The standard InChI is InChI=1S/C21H21N3O3/c1-23(2)21(26)19-13-24(17-9-5-6-10-18(17)27-19)20(25)11-14-12-22-16-8-4-3-7-15(14)16/h3-10,12,19,22H,11,13H2,1-2H3/t19-/m1/s1. The predicted octanol–water partition coefficient (Wildman–Crippen LogP) is 2.59. The van der Waals surface area contributed by atoms with Crippen LogP contribution in [-0.4, -0.2) is 48.4 Å². The van der Waals surface area contributed by atoms with Gasteiger partial charge in [0.05, 0.1) is 18.7 Å². The molecule has 2 heterocycles. The quantitative estimate of drug-likeness (QED) is 0.778. The molecule has 6 heteroatoms. The number of carbonyl (C=O) groups is 2. The summed E-state index contributed by atoms with van der Waals surface area (Å²) in [4.78, 5) is 31.9. The van der Waals surface area contributed by atoms with Crippen LogP contribution in [0.25, 0.3) is 10.9 Å². The number of carbonyl (C=O) groups excluding carboxylic acids is 2. The van der Waals surface area contributed by atoms with E-state index < -0.39 is 6.10 Å². The van der Waals surface area contributed by atoms with E-state index in [1.165, 1.54) is 4.90 Å². The van der Waals surface area contributed by atoms with Crippen molar-refractivity contribution in [3.05, 3.63) is 60.3 Å². The molecular formula is C21H21N3O3. The second-order valence-corrected chi connectivity index (χ2v) is 6.85. The van der Waals surface area contributed by atoms with Crippen molar-refractivity contribution in [2.24, 2.45) is 0 Å². The summed E-state index contributed by atoms with van der Waals surface area (Å²) in [7, 11) is 3.37. The first-order valence-corrected chi connectivity index (χ1v) is 8.87. The molecule has 1 atom stereocenters. The zero-order valence-electron chi connectivity index (χ0n) is 15.3. The van der Waals surface area contributed by atoms with Crippen molar-refractivity contribution >= 4 is 28.4 Å². The second kappa shape index (κ2) is 6.79. The van der Waals surface area contributed by atoms with Gasteiger partial charge in [-0.05, 0) is 23.8 Å². The number of hydrogen-bond donors (Lipinski definition) is 1. The Balaban J connectivity index is 1.64. The van der Waals surface area contributed by atoms with Gasteiger partial charge in [-0.25, -0.2) is 0 Å². The number of H-pyrrole nitrogens is 1. The van der Waals surface area contributed by atoms with Crippen LogP contribution in [0.1, 0.15) is 5.56 Å². The van der Waals surface area contributed by atoms with Crippen LogP contribution in [0.2, 0.25) is 0 Å². The molecule has 0 unspecified atom stereocenters. The smallest absolute Gasteiger partial charge is 0.265 e. The van der Waals surface area contributed by atoms with E-state index in [1.54, 1.807) is 25.1 Å². The molecule has 1 aliphatic heterocycles. The topological polar surface area (TPSA) is 65.6 Å². The van der Waals surface area contributed by atoms with Crippen molar-refractivity contribution in [3.63, 3.8) is 0 Å². The predicted molar refractivity (Wildman–Crippen MR) is 104 cm³/mol. The number of likely N-dealkylation sites (N-methyl/N-ethyl adjacent to an activating group) is 1. The maximum Gasteiger partial charge on any atom is 0.265 e. The molecule has 2 amide bonds. The van der Waals surface area contributed by atoms with Crippen LogP contribution >= 0.6 is 0 Å². The fraction of sp³-hybridized carbons (Fsp3) is 0.238. The maximum atomic E-state index is 13.1. The third kappa shape index (κ3) is 3.14. The van der Waals surface area contributed by atoms with Crippen LogP contribution in [0.5, 0.6) is 5.75 Å². The van der Waals surface area contributed by atoms with Gasteiger partial charge in [0.2, 0.25) is 5.91 Å². The number of anilines is 1. The fourth-order valence-corrected chi connectivity index (χ4v) is 3.42. The van der Waals surface area contributed by atoms with Gasteiger partial charge in [0, 0.05) is 31.2 Å². The van der Waals surface area contributed by atoms with Crippen LogP contribution in [0.3, 0.4) is 0 Å². The van der Waals surface area contributed by atoms with Crippen LogP contribution < -0.4 is 9.64 Å². The van der Waals surface area contributed by atoms with Crippen LogP contribution in [0.4, 0.5) is 5.69 Å². The minimum absolute atomic E-state index is 0.0629. The van der Waals surface area contributed by atoms with Crippen LogP contribution in [0.15, 0.2) is 54.7 Å². The summed E-state index contributed by atoms with van der Waals surface area (Å²) in [5, 5.41) is 1.04. The Morgan fingerprint density at radius 1 is 1.15 bits per heavy atom. The summed E-state index contributed by atoms with van der Waals surface area (Å²) in [6.45, 7) is 0.204. The summed E-state index contributed by atoms with van der Waals surface area (Å²) in [6.07, 6.45) is 1.42. The van der Waals surface area contributed by atoms with E-state index in [0.29, 0.717) is 11.4 Å². The zero-order chi connectivity index (χ0) is 19.0. The summed E-state index contributed by atoms with van der Waals surface area (Å²) < 4.78 is 5.85. The van der Waals surface area contributed by atoms with Gasteiger partial charge in [0.25, 0.3) is 5.91 Å². The van der Waals surface area contributed by atoms with Crippen molar-refractivity contribution in [1.29, 1.82) is 0 Å². The fourth-order valence-electron chi connectivity index (χ4n) is 3.42. The maximum absolute atomic E-state index is 13.1. The average molecular weight is 363 g/mol. The summed E-state index contributed by atoms with van der Waals surface area (Å²) in [5.41, 5.74) is 2.64. The average Bonchev–Trinajstić information content (AvgIpc) is 3.09. The van der Waals surface area contributed by atoms with E-state index in [-0.39, 0.29) is 24.8 Å². The number of para-hydroxylation sites is 3. The highest BCUT2D eigenvalue weighted by atomic mass is 16.5. The number of aromatic nitrogens is 1. The van der Waals surface area contributed by atoms with E-state index in [9.17, 15) is 9.59 Å². The Morgan fingerprint density at radius 2 is 1.89 bits per heavy atom. The van der Waals surface area contributed by atoms with Crippen LogP contribution in [-0.2, 0) is 16.0 Å². The lowest BCUT2D eigenvalue weighted by Crippen LogP contribution is -2.50. The summed E-state index contributed by atoms with van der Waals surface area (Å²) in [6, 6.07) is 15.2. The molecule has 0 aliphatic carbocycles. The lowest BCUT2D eigenvalue weighted by molar-refractivity contribution is -0.136. The number of ether oxygens (including phenoxy) is 1. The number of rotatable bonds is 3. The zero-order valence-corrected chi connectivity index (χ0v) is 15.3. The van der Waals surface area contributed by atoms with E-state index in [1.807, 2.05) is 48.7 Å². The number of nitrogens with zero attached hydrogens (tertiary/aromatic N) is 2. The normalized spacial score (nSPS) is 15.9. The molecule has 0 radical (unpaired) electrons. The molecule has 0 saturated carbocycles. The molecule has 3 aromatic rings. The van der Waals surface area contributed by atoms with Gasteiger partial charge in [-0.2, -0.15) is 0 Å². The highest BCUT2D eigenvalue weighted by Crippen LogP contribution is 2.34. The first kappa shape index (κ1) is 17.1. The Bertz CT molecular complexity index is 1010. The Labute approximate surface area is 157 Å². The number of nitrogens with one attached hydrogen (secondary N) is 1. The molecule has 1 N–H and O–H groups in total.